The van der Waals surface area contributed by atoms with E-state index in [4.69, 9.17) is 9.98 Å². The number of benzene rings is 2. The first-order chi connectivity index (χ1) is 22.6. The Hall–Kier alpha value is -3.88. The van der Waals surface area contributed by atoms with Gasteiger partial charge < -0.3 is 4.98 Å². The average molecular weight is 747 g/mol. The van der Waals surface area contributed by atoms with E-state index in [1.165, 1.54) is 11.1 Å². The van der Waals surface area contributed by atoms with E-state index in [-0.39, 0.29) is 22.7 Å². The Morgan fingerprint density at radius 1 is 0.729 bits per heavy atom. The van der Waals surface area contributed by atoms with E-state index in [2.05, 4.69) is 147 Å². The van der Waals surface area contributed by atoms with Crippen molar-refractivity contribution >= 4 is 57.0 Å². The van der Waals surface area contributed by atoms with E-state index >= 15 is 0 Å². The molecule has 4 aliphatic heterocycles. The molecule has 7 rings (SSSR count). The van der Waals surface area contributed by atoms with Crippen molar-refractivity contribution in [3.05, 3.63) is 133 Å². The lowest BCUT2D eigenvalue weighted by molar-refractivity contribution is -0.124. The molecule has 2 N–H and O–H groups in total. The molecule has 1 fully saturated rings. The van der Waals surface area contributed by atoms with Crippen LogP contribution in [0.5, 0.6) is 0 Å². The van der Waals surface area contributed by atoms with Crippen molar-refractivity contribution in [2.45, 2.75) is 78.3 Å². The molecule has 0 amide bonds. The van der Waals surface area contributed by atoms with Crippen LogP contribution in [0.4, 0.5) is 0 Å². The largest absolute Gasteiger partial charge is 0.355 e. The first-order valence-electron chi connectivity index (χ1n) is 16.7. The molecule has 5 heterocycles. The minimum absolute atomic E-state index is 0.0408. The fraction of sp³-hybridized carbons (Fsp3) is 0.310. The van der Waals surface area contributed by atoms with Gasteiger partial charge in [0.2, 0.25) is 0 Å². The van der Waals surface area contributed by atoms with Gasteiger partial charge in [-0.3, -0.25) is 10.1 Å². The van der Waals surface area contributed by atoms with Crippen LogP contribution < -0.4 is 16.0 Å². The van der Waals surface area contributed by atoms with Crippen molar-refractivity contribution in [1.29, 1.82) is 0 Å². The molecule has 2 unspecified atom stereocenters. The Balaban J connectivity index is 1.56. The predicted octanol–water partition coefficient (Wildman–Crippen LogP) is 7.46. The third-order valence-corrected chi connectivity index (χ3v) is 10.6. The molecular weight excluding hydrogens is 703 g/mol. The van der Waals surface area contributed by atoms with Crippen molar-refractivity contribution in [2.75, 3.05) is 0 Å². The molecule has 6 heteroatoms. The molecule has 0 saturated carbocycles. The van der Waals surface area contributed by atoms with Crippen LogP contribution in [-0.2, 0) is 15.6 Å². The van der Waals surface area contributed by atoms with Gasteiger partial charge in [-0.25, -0.2) is 9.98 Å². The van der Waals surface area contributed by atoms with E-state index in [9.17, 15) is 4.79 Å². The summed E-state index contributed by atoms with van der Waals surface area (Å²) < 4.78 is 1.16. The van der Waals surface area contributed by atoms with Crippen LogP contribution in [0.2, 0.25) is 0 Å². The Morgan fingerprint density at radius 2 is 1.38 bits per heavy atom. The molecule has 8 bridgehead atoms. The van der Waals surface area contributed by atoms with Gasteiger partial charge in [-0.2, -0.15) is 0 Å². The number of Topliss-reactive ketones (excluding diaryl/α,β-unsaturated/α-hetero) is 1. The summed E-state index contributed by atoms with van der Waals surface area (Å²) in [6.45, 7) is 17.7. The van der Waals surface area contributed by atoms with Gasteiger partial charge >= 0.3 is 0 Å². The number of carbonyl (C=O) groups excluding carboxylic acids is 1. The van der Waals surface area contributed by atoms with Crippen LogP contribution in [0.25, 0.3) is 17.2 Å². The summed E-state index contributed by atoms with van der Waals surface area (Å²) in [7, 11) is 0. The highest BCUT2D eigenvalue weighted by atomic mass is 127. The normalized spacial score (nSPS) is 21.8. The molecule has 244 valence electrons. The fourth-order valence-corrected chi connectivity index (χ4v) is 7.15. The Morgan fingerprint density at radius 3 is 2.04 bits per heavy atom. The second-order valence-corrected chi connectivity index (χ2v) is 17.1. The lowest BCUT2D eigenvalue weighted by atomic mass is 9.78. The van der Waals surface area contributed by atoms with E-state index in [1.54, 1.807) is 0 Å². The van der Waals surface area contributed by atoms with Crippen molar-refractivity contribution in [3.8, 4) is 0 Å². The van der Waals surface area contributed by atoms with E-state index in [0.717, 1.165) is 59.4 Å². The number of aromatic amines is 1. The smallest absolute Gasteiger partial charge is 0.161 e. The van der Waals surface area contributed by atoms with E-state index in [0.29, 0.717) is 0 Å². The van der Waals surface area contributed by atoms with E-state index in [1.807, 2.05) is 32.1 Å². The molecule has 1 saturated heterocycles. The van der Waals surface area contributed by atoms with Gasteiger partial charge in [0, 0.05) is 36.9 Å². The summed E-state index contributed by atoms with van der Waals surface area (Å²) >= 11 is 2.34. The van der Waals surface area contributed by atoms with Gasteiger partial charge in [0.15, 0.2) is 5.78 Å². The number of hydrogen-bond donors (Lipinski definition) is 2. The van der Waals surface area contributed by atoms with Crippen LogP contribution in [-0.4, -0.2) is 34.3 Å². The van der Waals surface area contributed by atoms with Gasteiger partial charge in [-0.1, -0.05) is 85.7 Å². The van der Waals surface area contributed by atoms with Gasteiger partial charge in [0.25, 0.3) is 0 Å². The number of aromatic nitrogens is 1. The third kappa shape index (κ3) is 5.98. The molecule has 5 nitrogen and oxygen atoms in total. The molecule has 0 radical (unpaired) electrons. The van der Waals surface area contributed by atoms with Gasteiger partial charge in [-0.05, 0) is 116 Å². The standard InChI is InChI=1S/C42H43IN4O/c1-40(2,3)26-19-25(20-27(21-26)41(4,5)6)38-32-16-14-30(45-32)23-36-42(7,8)39(48)35(47-36)22-29-13-15-31(44-29)37(33-17-18-34(38)46-33)24-9-11-28(43)12-10-24/h9-23,35-36,45,47H,1-8H3. The van der Waals surface area contributed by atoms with Gasteiger partial charge in [-0.15, -0.1) is 0 Å². The Bertz CT molecular complexity index is 2140. The number of hydrogen-bond acceptors (Lipinski definition) is 4. The maximum absolute atomic E-state index is 13.7. The summed E-state index contributed by atoms with van der Waals surface area (Å²) in [5.41, 5.74) is 9.44. The maximum Gasteiger partial charge on any atom is 0.161 e. The number of carbonyl (C=O) groups is 1. The van der Waals surface area contributed by atoms with Crippen molar-refractivity contribution < 1.29 is 4.79 Å². The van der Waals surface area contributed by atoms with Crippen molar-refractivity contribution in [2.24, 2.45) is 15.4 Å². The number of aliphatic imine (C=N–C) groups is 2. The monoisotopic (exact) mass is 746 g/mol. The van der Waals surface area contributed by atoms with Crippen LogP contribution in [0.15, 0.2) is 106 Å². The number of nitrogens with zero attached hydrogens (tertiary/aromatic N) is 2. The van der Waals surface area contributed by atoms with Crippen molar-refractivity contribution in [3.63, 3.8) is 0 Å². The summed E-state index contributed by atoms with van der Waals surface area (Å²) in [6, 6.07) is 19.2. The van der Waals surface area contributed by atoms with Gasteiger partial charge in [0.05, 0.1) is 28.9 Å². The zero-order valence-electron chi connectivity index (χ0n) is 29.0. The van der Waals surface area contributed by atoms with Gasteiger partial charge in [0.1, 0.15) is 0 Å². The molecule has 0 aliphatic carbocycles. The maximum atomic E-state index is 13.7. The van der Waals surface area contributed by atoms with Crippen LogP contribution in [0, 0.1) is 8.99 Å². The van der Waals surface area contributed by atoms with Crippen LogP contribution >= 0.6 is 22.6 Å². The minimum Gasteiger partial charge on any atom is -0.355 e. The number of allylic oxidation sites excluding steroid dienone is 5. The SMILES string of the molecule is CC(C)(C)c1cc(C2=c3ccc([nH]3)=CC3NC(C=C4C=CC(=N4)C(c4ccc(I)cc4)=C4C=CC2=N4)C(=O)C3(C)C)cc(C(C)(C)C)c1. The summed E-state index contributed by atoms with van der Waals surface area (Å²) in [6.07, 6.45) is 12.4. The lowest BCUT2D eigenvalue weighted by Crippen LogP contribution is -2.34. The Kier molecular flexibility index (Phi) is 7.91. The number of rotatable bonds is 2. The molecule has 3 aromatic rings. The topological polar surface area (TPSA) is 69.6 Å². The summed E-state index contributed by atoms with van der Waals surface area (Å²) in [5.74, 6) is 0.161. The summed E-state index contributed by atoms with van der Waals surface area (Å²) in [5, 5.41) is 5.55. The zero-order valence-corrected chi connectivity index (χ0v) is 31.2. The minimum atomic E-state index is -0.592. The highest BCUT2D eigenvalue weighted by Gasteiger charge is 2.46. The second-order valence-electron chi connectivity index (χ2n) is 15.9. The Labute approximate surface area is 297 Å². The summed E-state index contributed by atoms with van der Waals surface area (Å²) in [4.78, 5) is 27.9. The molecule has 2 atom stereocenters. The number of H-pyrrole nitrogens is 1. The lowest BCUT2D eigenvalue weighted by Gasteiger charge is -2.26. The van der Waals surface area contributed by atoms with Crippen molar-refractivity contribution in [1.82, 2.24) is 10.3 Å². The molecule has 48 heavy (non-hydrogen) atoms. The highest BCUT2D eigenvalue weighted by molar-refractivity contribution is 14.1. The zero-order chi connectivity index (χ0) is 34.2. The van der Waals surface area contributed by atoms with Crippen LogP contribution in [0.3, 0.4) is 0 Å². The number of ketones is 1. The quantitative estimate of drug-likeness (QED) is 0.268. The molecule has 4 aliphatic rings. The average Bonchev–Trinajstić information content (AvgIpc) is 3.81. The first-order valence-corrected chi connectivity index (χ1v) is 17.8. The third-order valence-electron chi connectivity index (χ3n) is 9.87. The van der Waals surface area contributed by atoms with Crippen LogP contribution in [0.1, 0.15) is 77.6 Å². The molecule has 1 aromatic heterocycles. The number of fused-ring (bicyclic) bond motifs is 6. The number of halogens is 1. The number of nitrogens with one attached hydrogen (secondary N) is 2. The predicted molar refractivity (Wildman–Crippen MR) is 208 cm³/mol. The molecular formula is C42H43IN4O. The molecule has 2 aromatic carbocycles. The fourth-order valence-electron chi connectivity index (χ4n) is 6.79. The van der Waals surface area contributed by atoms with E-state index < -0.39 is 11.5 Å². The second kappa shape index (κ2) is 11.6. The highest BCUT2D eigenvalue weighted by Crippen LogP contribution is 2.36. The first kappa shape index (κ1) is 32.7. The molecule has 0 spiro atoms.